The lowest BCUT2D eigenvalue weighted by Gasteiger charge is -2.23. The van der Waals surface area contributed by atoms with E-state index in [4.69, 9.17) is 9.26 Å². The number of halogens is 3. The quantitative estimate of drug-likeness (QED) is 0.359. The third kappa shape index (κ3) is 5.29. The summed E-state index contributed by atoms with van der Waals surface area (Å²) < 4.78 is 51.2. The van der Waals surface area contributed by atoms with Crippen LogP contribution in [0.1, 0.15) is 44.2 Å². The Labute approximate surface area is 210 Å². The number of aromatic nitrogens is 4. The number of hydrogen-bond donors (Lipinski definition) is 2. The van der Waals surface area contributed by atoms with E-state index >= 15 is 0 Å². The van der Waals surface area contributed by atoms with Crippen molar-refractivity contribution in [3.8, 4) is 11.6 Å². The van der Waals surface area contributed by atoms with Crippen LogP contribution in [-0.4, -0.2) is 37.9 Å². The average molecular weight is 515 g/mol. The minimum Gasteiger partial charge on any atom is -0.439 e. The largest absolute Gasteiger partial charge is 0.439 e. The lowest BCUT2D eigenvalue weighted by Crippen LogP contribution is -2.33. The highest BCUT2D eigenvalue weighted by atomic mass is 19.4. The van der Waals surface area contributed by atoms with E-state index < -0.39 is 24.0 Å². The smallest absolute Gasteiger partial charge is 0.390 e. The summed E-state index contributed by atoms with van der Waals surface area (Å²) >= 11 is 0. The molecule has 0 fully saturated rings. The van der Waals surface area contributed by atoms with Crippen LogP contribution < -0.4 is 15.4 Å². The Balaban J connectivity index is 1.32. The number of hydrogen-bond acceptors (Lipinski definition) is 7. The second-order valence-corrected chi connectivity index (χ2v) is 9.78. The van der Waals surface area contributed by atoms with Gasteiger partial charge in [-0.1, -0.05) is 19.0 Å². The number of ether oxygens (including phenoxy) is 1. The highest BCUT2D eigenvalue weighted by Gasteiger charge is 2.40. The molecular weight excluding hydrogens is 489 g/mol. The molecule has 1 atom stereocenters. The van der Waals surface area contributed by atoms with Gasteiger partial charge in [-0.2, -0.15) is 13.2 Å². The van der Waals surface area contributed by atoms with E-state index in [1.165, 1.54) is 30.8 Å². The summed E-state index contributed by atoms with van der Waals surface area (Å²) in [5.74, 6) is 1.11. The maximum absolute atomic E-state index is 12.9. The first-order valence-corrected chi connectivity index (χ1v) is 11.7. The van der Waals surface area contributed by atoms with Crippen LogP contribution in [0.5, 0.6) is 11.6 Å². The number of carbonyl (C=O) groups is 1. The number of alkyl halides is 3. The zero-order valence-electron chi connectivity index (χ0n) is 20.4. The van der Waals surface area contributed by atoms with Crippen molar-refractivity contribution >= 4 is 22.8 Å². The van der Waals surface area contributed by atoms with Crippen molar-refractivity contribution in [1.82, 2.24) is 25.0 Å². The van der Waals surface area contributed by atoms with Gasteiger partial charge in [0.05, 0.1) is 17.6 Å². The molecule has 0 saturated heterocycles. The van der Waals surface area contributed by atoms with E-state index in [1.54, 1.807) is 30.5 Å². The first kappa shape index (κ1) is 24.8. The summed E-state index contributed by atoms with van der Waals surface area (Å²) in [6.07, 6.45) is -1.64. The van der Waals surface area contributed by atoms with Gasteiger partial charge >= 0.3 is 12.2 Å². The summed E-state index contributed by atoms with van der Waals surface area (Å²) in [6, 6.07) is 8.08. The third-order valence-electron chi connectivity index (χ3n) is 6.27. The summed E-state index contributed by atoms with van der Waals surface area (Å²) in [6.45, 7) is 5.54. The summed E-state index contributed by atoms with van der Waals surface area (Å²) in [4.78, 5) is 21.5. The average Bonchev–Trinajstić information content (AvgIpc) is 3.45. The molecule has 1 amide bonds. The van der Waals surface area contributed by atoms with Gasteiger partial charge in [0.1, 0.15) is 17.8 Å². The van der Waals surface area contributed by atoms with Gasteiger partial charge in [-0.05, 0) is 37.6 Å². The fourth-order valence-corrected chi connectivity index (χ4v) is 4.41. The van der Waals surface area contributed by atoms with Crippen LogP contribution >= 0.6 is 0 Å². The van der Waals surface area contributed by atoms with Crippen LogP contribution in [0.4, 0.5) is 23.8 Å². The van der Waals surface area contributed by atoms with Crippen LogP contribution in [0.3, 0.4) is 0 Å². The van der Waals surface area contributed by atoms with E-state index in [0.29, 0.717) is 23.7 Å². The van der Waals surface area contributed by atoms with E-state index in [1.807, 2.05) is 0 Å². The highest BCUT2D eigenvalue weighted by Crippen LogP contribution is 2.37. The van der Waals surface area contributed by atoms with Crippen molar-refractivity contribution in [3.05, 3.63) is 59.9 Å². The van der Waals surface area contributed by atoms with E-state index in [9.17, 15) is 18.0 Å². The fourth-order valence-electron chi connectivity index (χ4n) is 4.41. The molecule has 2 N–H and O–H groups in total. The fraction of sp³-hybridized carbons (Fsp3) is 0.360. The maximum Gasteiger partial charge on any atom is 0.390 e. The Morgan fingerprint density at radius 2 is 2.05 bits per heavy atom. The third-order valence-corrected chi connectivity index (χ3v) is 6.27. The van der Waals surface area contributed by atoms with Crippen molar-refractivity contribution in [2.75, 3.05) is 5.32 Å². The number of benzene rings is 1. The van der Waals surface area contributed by atoms with Gasteiger partial charge in [-0.25, -0.2) is 14.8 Å². The van der Waals surface area contributed by atoms with Gasteiger partial charge < -0.3 is 14.6 Å². The molecular formula is C25H25F3N6O3. The number of carbonyl (C=O) groups excluding carboxylic acids is 1. The van der Waals surface area contributed by atoms with E-state index in [0.717, 1.165) is 23.1 Å². The first-order valence-electron chi connectivity index (χ1n) is 11.7. The van der Waals surface area contributed by atoms with Crippen LogP contribution in [0.15, 0.2) is 47.4 Å². The summed E-state index contributed by atoms with van der Waals surface area (Å²) in [5.41, 5.74) is 1.15. The molecule has 1 aromatic carbocycles. The topological polar surface area (TPSA) is 107 Å². The molecule has 1 aliphatic heterocycles. The van der Waals surface area contributed by atoms with Gasteiger partial charge in [0.2, 0.25) is 5.88 Å². The van der Waals surface area contributed by atoms with Crippen molar-refractivity contribution in [2.45, 2.75) is 57.8 Å². The van der Waals surface area contributed by atoms with Gasteiger partial charge in [-0.15, -0.1) is 0 Å². The summed E-state index contributed by atoms with van der Waals surface area (Å²) in [5, 5.41) is 10.4. The van der Waals surface area contributed by atoms with E-state index in [-0.39, 0.29) is 17.6 Å². The van der Waals surface area contributed by atoms with Crippen molar-refractivity contribution in [3.63, 3.8) is 0 Å². The molecule has 4 aromatic rings. The van der Waals surface area contributed by atoms with Gasteiger partial charge in [0.15, 0.2) is 5.82 Å². The summed E-state index contributed by atoms with van der Waals surface area (Å²) in [7, 11) is 0. The van der Waals surface area contributed by atoms with Crippen LogP contribution in [0.25, 0.3) is 10.9 Å². The minimum absolute atomic E-state index is 0.0225. The molecule has 1 aliphatic rings. The molecule has 0 saturated carbocycles. The molecule has 0 unspecified atom stereocenters. The first-order chi connectivity index (χ1) is 17.5. The Bertz CT molecular complexity index is 1460. The lowest BCUT2D eigenvalue weighted by atomic mass is 9.86. The number of nitrogens with one attached hydrogen (secondary N) is 2. The van der Waals surface area contributed by atoms with Crippen LogP contribution in [-0.2, 0) is 18.4 Å². The van der Waals surface area contributed by atoms with Crippen molar-refractivity contribution < 1.29 is 27.2 Å². The predicted octanol–water partition coefficient (Wildman–Crippen LogP) is 5.56. The number of nitrogens with zero attached hydrogens (tertiary/aromatic N) is 4. The van der Waals surface area contributed by atoms with Crippen molar-refractivity contribution in [1.29, 1.82) is 0 Å². The zero-order chi connectivity index (χ0) is 26.4. The van der Waals surface area contributed by atoms with Gasteiger partial charge in [-0.3, -0.25) is 9.88 Å². The minimum atomic E-state index is -4.37. The standard InChI is InChI=1S/C25H25F3N6O3/c1-14-8-17-18(11-29-14)30-13-31-22(17)36-16-4-5-19-15(9-16)6-7-34(19)23(35)32-21-10-20(37-33-21)24(2,3)12-25(26,27)28/h4-7,9-10,13-14,29H,8,11-12H2,1-3H3,(H,32,33,35)/t14-/m0/s1. The SMILES string of the molecule is C[C@H]1Cc2c(ncnc2Oc2ccc3c(ccn3C(=O)Nc3cc(C(C)(C)CC(F)(F)F)on3)c2)CN1. The Morgan fingerprint density at radius 1 is 1.24 bits per heavy atom. The number of amides is 1. The molecule has 37 heavy (non-hydrogen) atoms. The Kier molecular flexibility index (Phi) is 6.14. The molecule has 0 bridgehead atoms. The van der Waals surface area contributed by atoms with Crippen molar-refractivity contribution in [2.24, 2.45) is 0 Å². The molecule has 12 heteroatoms. The molecule has 4 heterocycles. The number of anilines is 1. The monoisotopic (exact) mass is 514 g/mol. The molecule has 0 spiro atoms. The molecule has 0 aliphatic carbocycles. The van der Waals surface area contributed by atoms with E-state index in [2.05, 4.69) is 32.7 Å². The molecule has 5 rings (SSSR count). The van der Waals surface area contributed by atoms with Gasteiger partial charge in [0, 0.05) is 41.2 Å². The molecule has 3 aromatic heterocycles. The highest BCUT2D eigenvalue weighted by molar-refractivity contribution is 5.98. The number of rotatable bonds is 5. The van der Waals surface area contributed by atoms with Gasteiger partial charge in [0.25, 0.3) is 0 Å². The Morgan fingerprint density at radius 3 is 2.84 bits per heavy atom. The van der Waals surface area contributed by atoms with Crippen LogP contribution in [0.2, 0.25) is 0 Å². The van der Waals surface area contributed by atoms with Crippen LogP contribution in [0, 0.1) is 0 Å². The lowest BCUT2D eigenvalue weighted by molar-refractivity contribution is -0.147. The zero-order valence-corrected chi connectivity index (χ0v) is 20.4. The number of fused-ring (bicyclic) bond motifs is 2. The normalized spacial score (nSPS) is 16.0. The predicted molar refractivity (Wildman–Crippen MR) is 129 cm³/mol. The second-order valence-electron chi connectivity index (χ2n) is 9.78. The second kappa shape index (κ2) is 9.18. The Hall–Kier alpha value is -3.93. The molecule has 9 nitrogen and oxygen atoms in total. The maximum atomic E-state index is 12.9. The molecule has 194 valence electrons. The molecule has 0 radical (unpaired) electrons.